The van der Waals surface area contributed by atoms with Crippen LogP contribution in [0.3, 0.4) is 0 Å². The summed E-state index contributed by atoms with van der Waals surface area (Å²) in [4.78, 5) is 10.2. The van der Waals surface area contributed by atoms with Crippen LogP contribution in [0.15, 0.2) is 24.3 Å². The van der Waals surface area contributed by atoms with Crippen molar-refractivity contribution in [1.29, 1.82) is 0 Å². The highest BCUT2D eigenvalue weighted by molar-refractivity contribution is 5.45. The predicted molar refractivity (Wildman–Crippen MR) is 66.1 cm³/mol. The average Bonchev–Trinajstić information content (AvgIpc) is 2.43. The fourth-order valence-electron chi connectivity index (χ4n) is 1.94. The molecule has 8 heteroatoms. The molecule has 1 fully saturated rings. The molecule has 110 valence electrons. The highest BCUT2D eigenvalue weighted by Crippen LogP contribution is 2.30. The largest absolute Gasteiger partial charge is 0.455 e. The lowest BCUT2D eigenvalue weighted by Gasteiger charge is -2.38. The van der Waals surface area contributed by atoms with Gasteiger partial charge in [0.05, 0.1) is 11.0 Å². The smallest absolute Gasteiger partial charge is 0.311 e. The third-order valence-corrected chi connectivity index (χ3v) is 3.11. The molecule has 0 spiro atoms. The van der Waals surface area contributed by atoms with Crippen LogP contribution in [0.25, 0.3) is 0 Å². The summed E-state index contributed by atoms with van der Waals surface area (Å²) in [5.41, 5.74) is -0.281. The number of aliphatic hydroxyl groups excluding tert-OH is 3. The topological polar surface area (TPSA) is 122 Å². The first kappa shape index (κ1) is 14.7. The maximum Gasteiger partial charge on any atom is 0.311 e. The van der Waals surface area contributed by atoms with E-state index < -0.39 is 35.6 Å². The molecule has 5 atom stereocenters. The Kier molecular flexibility index (Phi) is 4.19. The lowest BCUT2D eigenvalue weighted by molar-refractivity contribution is -0.387. The van der Waals surface area contributed by atoms with Crippen LogP contribution in [0.5, 0.6) is 5.75 Å². The highest BCUT2D eigenvalue weighted by Gasteiger charge is 2.43. The van der Waals surface area contributed by atoms with Crippen LogP contribution < -0.4 is 4.74 Å². The molecule has 1 aromatic rings. The van der Waals surface area contributed by atoms with Crippen LogP contribution in [0.2, 0.25) is 0 Å². The Morgan fingerprint density at radius 2 is 1.85 bits per heavy atom. The lowest BCUT2D eigenvalue weighted by atomic mass is 10.00. The average molecular weight is 285 g/mol. The molecule has 0 saturated carbocycles. The summed E-state index contributed by atoms with van der Waals surface area (Å²) in [5, 5.41) is 39.8. The summed E-state index contributed by atoms with van der Waals surface area (Å²) in [5.74, 6) is -0.0858. The number of nitro groups is 1. The second kappa shape index (κ2) is 5.71. The first-order valence-electron chi connectivity index (χ1n) is 6.01. The Morgan fingerprint density at radius 1 is 1.20 bits per heavy atom. The molecular formula is C12H15NO7. The van der Waals surface area contributed by atoms with Crippen LogP contribution in [-0.2, 0) is 4.74 Å². The van der Waals surface area contributed by atoms with Gasteiger partial charge in [0.25, 0.3) is 0 Å². The summed E-state index contributed by atoms with van der Waals surface area (Å²) >= 11 is 0. The van der Waals surface area contributed by atoms with Gasteiger partial charge in [0.2, 0.25) is 6.29 Å². The standard InChI is InChI=1S/C12H15NO7/c1-6-9(14)10(15)11(16)12(19-6)20-8-5-3-2-4-7(8)13(17)18/h2-6,9-12,14-16H,1H3/t6-,9+,10+,11-,12-/m0/s1. The molecule has 3 N–H and O–H groups in total. The Balaban J connectivity index is 2.20. The van der Waals surface area contributed by atoms with Crippen molar-refractivity contribution in [3.05, 3.63) is 34.4 Å². The quantitative estimate of drug-likeness (QED) is 0.519. The SMILES string of the molecule is C[C@@H]1O[C@@H](Oc2ccccc2[N+](=O)[O-])[C@@H](O)[C@H](O)[C@@H]1O. The number of aliphatic hydroxyl groups is 3. The zero-order valence-corrected chi connectivity index (χ0v) is 10.6. The van der Waals surface area contributed by atoms with E-state index in [1.807, 2.05) is 0 Å². The van der Waals surface area contributed by atoms with E-state index >= 15 is 0 Å². The van der Waals surface area contributed by atoms with Gasteiger partial charge in [0.1, 0.15) is 18.3 Å². The molecule has 1 aliphatic heterocycles. The fraction of sp³-hybridized carbons (Fsp3) is 0.500. The first-order valence-corrected chi connectivity index (χ1v) is 6.01. The summed E-state index contributed by atoms with van der Waals surface area (Å²) < 4.78 is 10.5. The minimum absolute atomic E-state index is 0.0858. The van der Waals surface area contributed by atoms with Gasteiger partial charge in [-0.3, -0.25) is 10.1 Å². The Bertz CT molecular complexity index is 494. The van der Waals surface area contributed by atoms with E-state index in [2.05, 4.69) is 0 Å². The molecule has 1 saturated heterocycles. The Morgan fingerprint density at radius 3 is 2.50 bits per heavy atom. The van der Waals surface area contributed by atoms with Gasteiger partial charge >= 0.3 is 5.69 Å². The monoisotopic (exact) mass is 285 g/mol. The van der Waals surface area contributed by atoms with Gasteiger partial charge in [-0.25, -0.2) is 0 Å². The van der Waals surface area contributed by atoms with E-state index in [9.17, 15) is 25.4 Å². The fourth-order valence-corrected chi connectivity index (χ4v) is 1.94. The molecule has 2 rings (SSSR count). The Hall–Kier alpha value is -1.74. The van der Waals surface area contributed by atoms with E-state index in [0.717, 1.165) is 0 Å². The van der Waals surface area contributed by atoms with Gasteiger partial charge in [0, 0.05) is 6.07 Å². The van der Waals surface area contributed by atoms with Crippen molar-refractivity contribution < 1.29 is 29.7 Å². The molecule has 20 heavy (non-hydrogen) atoms. The van der Waals surface area contributed by atoms with Gasteiger partial charge < -0.3 is 24.8 Å². The number of para-hydroxylation sites is 2. The molecule has 0 amide bonds. The molecule has 0 bridgehead atoms. The van der Waals surface area contributed by atoms with Crippen molar-refractivity contribution in [2.45, 2.75) is 37.6 Å². The second-order valence-corrected chi connectivity index (χ2v) is 4.52. The zero-order valence-electron chi connectivity index (χ0n) is 10.6. The van der Waals surface area contributed by atoms with Crippen molar-refractivity contribution >= 4 is 5.69 Å². The molecule has 0 radical (unpaired) electrons. The van der Waals surface area contributed by atoms with Crippen LogP contribution in [-0.4, -0.2) is 50.9 Å². The van der Waals surface area contributed by atoms with Crippen molar-refractivity contribution in [1.82, 2.24) is 0 Å². The molecular weight excluding hydrogens is 270 g/mol. The zero-order chi connectivity index (χ0) is 14.9. The van der Waals surface area contributed by atoms with Gasteiger partial charge in [-0.05, 0) is 13.0 Å². The number of hydrogen-bond acceptors (Lipinski definition) is 7. The van der Waals surface area contributed by atoms with Crippen LogP contribution in [0.4, 0.5) is 5.69 Å². The van der Waals surface area contributed by atoms with E-state index in [1.54, 1.807) is 0 Å². The van der Waals surface area contributed by atoms with Gasteiger partial charge in [-0.15, -0.1) is 0 Å². The normalized spacial score (nSPS) is 33.7. The predicted octanol–water partition coefficient (Wildman–Crippen LogP) is -0.199. The van der Waals surface area contributed by atoms with Gasteiger partial charge in [-0.1, -0.05) is 12.1 Å². The minimum atomic E-state index is -1.51. The first-order chi connectivity index (χ1) is 9.41. The van der Waals surface area contributed by atoms with Gasteiger partial charge in [0.15, 0.2) is 5.75 Å². The summed E-state index contributed by atoms with van der Waals surface area (Å²) in [6, 6.07) is 5.62. The van der Waals surface area contributed by atoms with Crippen molar-refractivity contribution in [2.24, 2.45) is 0 Å². The van der Waals surface area contributed by atoms with E-state index in [4.69, 9.17) is 9.47 Å². The van der Waals surface area contributed by atoms with E-state index in [0.29, 0.717) is 0 Å². The third kappa shape index (κ3) is 2.73. The lowest BCUT2D eigenvalue weighted by Crippen LogP contribution is -2.58. The second-order valence-electron chi connectivity index (χ2n) is 4.52. The maximum absolute atomic E-state index is 10.9. The molecule has 0 aliphatic carbocycles. The molecule has 8 nitrogen and oxygen atoms in total. The minimum Gasteiger partial charge on any atom is -0.455 e. The number of rotatable bonds is 3. The molecule has 1 heterocycles. The maximum atomic E-state index is 10.9. The van der Waals surface area contributed by atoms with Gasteiger partial charge in [-0.2, -0.15) is 0 Å². The number of benzene rings is 1. The molecule has 0 aromatic heterocycles. The number of ether oxygens (including phenoxy) is 2. The molecule has 1 aromatic carbocycles. The number of hydrogen-bond donors (Lipinski definition) is 3. The summed E-state index contributed by atoms with van der Waals surface area (Å²) in [7, 11) is 0. The van der Waals surface area contributed by atoms with Crippen molar-refractivity contribution in [2.75, 3.05) is 0 Å². The molecule has 1 aliphatic rings. The van der Waals surface area contributed by atoms with E-state index in [-0.39, 0.29) is 11.4 Å². The highest BCUT2D eigenvalue weighted by atomic mass is 16.7. The number of nitrogens with zero attached hydrogens (tertiary/aromatic N) is 1. The Labute approximate surface area is 114 Å². The van der Waals surface area contributed by atoms with Crippen molar-refractivity contribution in [3.8, 4) is 5.75 Å². The summed E-state index contributed by atoms with van der Waals surface area (Å²) in [6.45, 7) is 1.50. The number of nitro benzene ring substituents is 1. The van der Waals surface area contributed by atoms with Crippen LogP contribution in [0, 0.1) is 10.1 Å². The van der Waals surface area contributed by atoms with E-state index in [1.165, 1.54) is 31.2 Å². The summed E-state index contributed by atoms with van der Waals surface area (Å²) in [6.07, 6.45) is -6.30. The molecule has 0 unspecified atom stereocenters. The third-order valence-electron chi connectivity index (χ3n) is 3.11. The van der Waals surface area contributed by atoms with Crippen LogP contribution in [0.1, 0.15) is 6.92 Å². The van der Waals surface area contributed by atoms with Crippen LogP contribution >= 0.6 is 0 Å². The van der Waals surface area contributed by atoms with Crippen molar-refractivity contribution in [3.63, 3.8) is 0 Å².